The first-order chi connectivity index (χ1) is 15.4. The van der Waals surface area contributed by atoms with Gasteiger partial charge in [0.25, 0.3) is 0 Å². The lowest BCUT2D eigenvalue weighted by molar-refractivity contribution is -0.149. The lowest BCUT2D eigenvalue weighted by Crippen LogP contribution is -2.23. The Morgan fingerprint density at radius 1 is 0.848 bits per heavy atom. The van der Waals surface area contributed by atoms with Crippen LogP contribution in [0.2, 0.25) is 0 Å². The monoisotopic (exact) mass is 447 g/mol. The van der Waals surface area contributed by atoms with E-state index in [-0.39, 0.29) is 22.7 Å². The molecule has 0 amide bonds. The molecule has 0 fully saturated rings. The fourth-order valence-corrected chi connectivity index (χ4v) is 3.24. The van der Waals surface area contributed by atoms with Crippen molar-refractivity contribution in [1.29, 1.82) is 0 Å². The van der Waals surface area contributed by atoms with Gasteiger partial charge in [0, 0.05) is 22.6 Å². The van der Waals surface area contributed by atoms with Crippen molar-refractivity contribution in [3.8, 4) is 0 Å². The van der Waals surface area contributed by atoms with E-state index in [0.29, 0.717) is 12.6 Å². The second kappa shape index (κ2) is 11.4. The van der Waals surface area contributed by atoms with E-state index < -0.39 is 0 Å². The van der Waals surface area contributed by atoms with Crippen LogP contribution in [0.5, 0.6) is 0 Å². The smallest absolute Gasteiger partial charge is 0.308 e. The number of benzene rings is 2. The van der Waals surface area contributed by atoms with E-state index >= 15 is 0 Å². The fraction of sp³-hybridized carbons (Fsp3) is 0.433. The summed E-state index contributed by atoms with van der Waals surface area (Å²) < 4.78 is 5.44. The van der Waals surface area contributed by atoms with Gasteiger partial charge in [-0.1, -0.05) is 102 Å². The van der Waals surface area contributed by atoms with Crippen LogP contribution in [0.4, 0.5) is 5.69 Å². The number of hydrogen-bond donors (Lipinski definition) is 1. The van der Waals surface area contributed by atoms with Gasteiger partial charge in [-0.25, -0.2) is 0 Å². The topological polar surface area (TPSA) is 38.3 Å². The molecule has 0 aliphatic rings. The molecule has 0 bridgehead atoms. The van der Waals surface area contributed by atoms with Gasteiger partial charge in [-0.2, -0.15) is 0 Å². The molecule has 33 heavy (non-hydrogen) atoms. The Hall–Kier alpha value is -2.81. The third kappa shape index (κ3) is 8.92. The summed E-state index contributed by atoms with van der Waals surface area (Å²) in [5.41, 5.74) is 4.39. The molecule has 0 aliphatic carbocycles. The molecule has 2 rings (SSSR count). The van der Waals surface area contributed by atoms with Crippen molar-refractivity contribution in [2.75, 3.05) is 11.9 Å². The Balaban J connectivity index is 2.01. The highest BCUT2D eigenvalue weighted by atomic mass is 16.5. The van der Waals surface area contributed by atoms with Crippen molar-refractivity contribution >= 4 is 23.8 Å². The number of nitrogens with one attached hydrogen (secondary N) is 1. The number of carbonyl (C=O) groups is 1. The predicted octanol–water partition coefficient (Wildman–Crippen LogP) is 7.74. The summed E-state index contributed by atoms with van der Waals surface area (Å²) in [5.74, 6) is -0.252. The zero-order chi connectivity index (χ0) is 24.6. The van der Waals surface area contributed by atoms with Crippen molar-refractivity contribution < 1.29 is 9.53 Å². The summed E-state index contributed by atoms with van der Waals surface area (Å²) >= 11 is 0. The van der Waals surface area contributed by atoms with E-state index in [1.165, 1.54) is 16.7 Å². The number of allylic oxidation sites excluding steroid dienone is 1. The highest BCUT2D eigenvalue weighted by Crippen LogP contribution is 2.29. The number of ether oxygens (including phenoxy) is 1. The molecule has 0 atom stereocenters. The van der Waals surface area contributed by atoms with Gasteiger partial charge < -0.3 is 10.1 Å². The average Bonchev–Trinajstić information content (AvgIpc) is 2.76. The maximum atomic E-state index is 11.8. The van der Waals surface area contributed by atoms with Crippen molar-refractivity contribution in [2.45, 2.75) is 66.8 Å². The Bertz CT molecular complexity index is 946. The van der Waals surface area contributed by atoms with Gasteiger partial charge in [-0.3, -0.25) is 4.79 Å². The summed E-state index contributed by atoms with van der Waals surface area (Å²) in [6.07, 6.45) is 8.66. The molecule has 0 aliphatic heterocycles. The number of carbonyl (C=O) groups excluding carboxylic acids is 1. The maximum Gasteiger partial charge on any atom is 0.308 e. The van der Waals surface area contributed by atoms with Crippen molar-refractivity contribution in [1.82, 2.24) is 0 Å². The third-order valence-corrected chi connectivity index (χ3v) is 5.50. The van der Waals surface area contributed by atoms with Crippen LogP contribution in [0, 0.1) is 11.3 Å². The normalized spacial score (nSPS) is 12.8. The highest BCUT2D eigenvalue weighted by molar-refractivity contribution is 5.71. The minimum Gasteiger partial charge on any atom is -0.465 e. The SMILES string of the molecule is CC(C)Nc1ccc(/C=C/c2ccc(C(C)(C)/C=C/C(C)(C)COC(=O)C(C)C)cc2)cc1. The maximum absolute atomic E-state index is 11.8. The Kier molecular flexibility index (Phi) is 9.10. The van der Waals surface area contributed by atoms with Gasteiger partial charge in [0.15, 0.2) is 0 Å². The molecule has 0 saturated carbocycles. The summed E-state index contributed by atoms with van der Waals surface area (Å²) in [7, 11) is 0. The number of hydrogen-bond acceptors (Lipinski definition) is 3. The van der Waals surface area contributed by atoms with Crippen LogP contribution < -0.4 is 5.32 Å². The van der Waals surface area contributed by atoms with Crippen LogP contribution in [-0.2, 0) is 14.9 Å². The van der Waals surface area contributed by atoms with Crippen molar-refractivity contribution in [2.24, 2.45) is 11.3 Å². The molecule has 3 heteroatoms. The quantitative estimate of drug-likeness (QED) is 0.230. The molecular weight excluding hydrogens is 406 g/mol. The van der Waals surface area contributed by atoms with Gasteiger partial charge in [-0.15, -0.1) is 0 Å². The van der Waals surface area contributed by atoms with Crippen LogP contribution in [0.25, 0.3) is 12.2 Å². The Labute approximate surface area is 201 Å². The molecular formula is C30H41NO2. The number of anilines is 1. The van der Waals surface area contributed by atoms with E-state index in [1.807, 2.05) is 13.8 Å². The Morgan fingerprint density at radius 2 is 1.36 bits per heavy atom. The molecule has 0 radical (unpaired) electrons. The average molecular weight is 448 g/mol. The number of rotatable bonds is 10. The first-order valence-electron chi connectivity index (χ1n) is 11.9. The largest absolute Gasteiger partial charge is 0.465 e. The van der Waals surface area contributed by atoms with Gasteiger partial charge in [0.2, 0.25) is 0 Å². The van der Waals surface area contributed by atoms with Crippen LogP contribution >= 0.6 is 0 Å². The second-order valence-corrected chi connectivity index (χ2v) is 10.7. The zero-order valence-corrected chi connectivity index (χ0v) is 21.6. The molecule has 0 spiro atoms. The van der Waals surface area contributed by atoms with E-state index in [1.54, 1.807) is 0 Å². The lowest BCUT2D eigenvalue weighted by Gasteiger charge is -2.25. The summed E-state index contributed by atoms with van der Waals surface area (Å²) in [6.45, 7) is 17.0. The molecule has 1 N–H and O–H groups in total. The van der Waals surface area contributed by atoms with E-state index in [0.717, 1.165) is 5.69 Å². The predicted molar refractivity (Wildman–Crippen MR) is 142 cm³/mol. The molecule has 2 aromatic carbocycles. The van der Waals surface area contributed by atoms with E-state index in [9.17, 15) is 4.79 Å². The first kappa shape index (κ1) is 26.4. The third-order valence-electron chi connectivity index (χ3n) is 5.50. The van der Waals surface area contributed by atoms with Crippen LogP contribution in [-0.4, -0.2) is 18.6 Å². The molecule has 0 aromatic heterocycles. The number of esters is 1. The second-order valence-electron chi connectivity index (χ2n) is 10.7. The Morgan fingerprint density at radius 3 is 1.85 bits per heavy atom. The van der Waals surface area contributed by atoms with Gasteiger partial charge in [-0.05, 0) is 42.7 Å². The summed E-state index contributed by atoms with van der Waals surface area (Å²) in [4.78, 5) is 11.8. The molecule has 178 valence electrons. The standard InChI is InChI=1S/C30H41NO2/c1-22(2)28(32)33-21-29(5,6)19-20-30(7,8)26-15-11-24(12-16-26)9-10-25-13-17-27(18-14-25)31-23(3)4/h9-20,22-23,31H,21H2,1-8H3/b10-9+,20-19+. The highest BCUT2D eigenvalue weighted by Gasteiger charge is 2.22. The van der Waals surface area contributed by atoms with Crippen molar-refractivity contribution in [3.63, 3.8) is 0 Å². The van der Waals surface area contributed by atoms with Crippen LogP contribution in [0.1, 0.15) is 72.1 Å². The molecule has 0 saturated heterocycles. The van der Waals surface area contributed by atoms with Gasteiger partial charge >= 0.3 is 5.97 Å². The molecule has 0 heterocycles. The van der Waals surface area contributed by atoms with Crippen molar-refractivity contribution in [3.05, 3.63) is 77.4 Å². The molecule has 3 nitrogen and oxygen atoms in total. The first-order valence-corrected chi connectivity index (χ1v) is 11.9. The minimum atomic E-state index is -0.218. The van der Waals surface area contributed by atoms with Gasteiger partial charge in [0.1, 0.15) is 0 Å². The van der Waals surface area contributed by atoms with E-state index in [2.05, 4.69) is 120 Å². The zero-order valence-electron chi connectivity index (χ0n) is 21.6. The van der Waals surface area contributed by atoms with Crippen LogP contribution in [0.3, 0.4) is 0 Å². The summed E-state index contributed by atoms with van der Waals surface area (Å²) in [5, 5.41) is 3.41. The minimum absolute atomic E-state index is 0.102. The molecule has 0 unspecified atom stereocenters. The van der Waals surface area contributed by atoms with Gasteiger partial charge in [0.05, 0.1) is 12.5 Å². The fourth-order valence-electron chi connectivity index (χ4n) is 3.24. The van der Waals surface area contributed by atoms with Crippen LogP contribution in [0.15, 0.2) is 60.7 Å². The summed E-state index contributed by atoms with van der Waals surface area (Å²) in [6, 6.07) is 17.6. The molecule has 2 aromatic rings. The lowest BCUT2D eigenvalue weighted by atomic mass is 9.81. The van der Waals surface area contributed by atoms with E-state index in [4.69, 9.17) is 4.74 Å².